The number of unbranched alkanes of at least 4 members (excludes halogenated alkanes) is 2. The maximum absolute atomic E-state index is 9.40. The fourth-order valence-corrected chi connectivity index (χ4v) is 1.24. The molecule has 0 atom stereocenters. The van der Waals surface area contributed by atoms with Crippen LogP contribution in [-0.2, 0) is 6.42 Å². The van der Waals surface area contributed by atoms with Gasteiger partial charge in [0.15, 0.2) is 0 Å². The Bertz CT molecular complexity index is 301. The number of phenols is 1. The summed E-state index contributed by atoms with van der Waals surface area (Å²) in [4.78, 5) is 0. The molecule has 1 rings (SSSR count). The summed E-state index contributed by atoms with van der Waals surface area (Å²) in [5.74, 6) is 0.361. The number of para-hydroxylation sites is 1. The van der Waals surface area contributed by atoms with Gasteiger partial charge in [-0.15, -0.1) is 0 Å². The summed E-state index contributed by atoms with van der Waals surface area (Å²) in [7, 11) is 0. The predicted molar refractivity (Wildman–Crippen MR) is 51.3 cm³/mol. The first-order chi connectivity index (χ1) is 6.34. The topological polar surface area (TPSA) is 44.0 Å². The number of nitrogens with zero attached hydrogens (tertiary/aromatic N) is 1. The lowest BCUT2D eigenvalue weighted by atomic mass is 10.1. The van der Waals surface area contributed by atoms with Gasteiger partial charge in [0.1, 0.15) is 5.75 Å². The highest BCUT2D eigenvalue weighted by Crippen LogP contribution is 2.17. The van der Waals surface area contributed by atoms with Crippen LogP contribution in [-0.4, -0.2) is 5.11 Å². The summed E-state index contributed by atoms with van der Waals surface area (Å²) in [6, 6.07) is 9.45. The largest absolute Gasteiger partial charge is 0.508 e. The molecule has 0 fully saturated rings. The van der Waals surface area contributed by atoms with Gasteiger partial charge in [-0.05, 0) is 30.9 Å². The second-order valence-electron chi connectivity index (χ2n) is 2.99. The monoisotopic (exact) mass is 175 g/mol. The van der Waals surface area contributed by atoms with Gasteiger partial charge < -0.3 is 5.11 Å². The van der Waals surface area contributed by atoms with Gasteiger partial charge in [0.05, 0.1) is 6.07 Å². The molecule has 0 aliphatic rings. The van der Waals surface area contributed by atoms with Gasteiger partial charge in [-0.1, -0.05) is 18.2 Å². The highest BCUT2D eigenvalue weighted by atomic mass is 16.3. The molecule has 0 aliphatic carbocycles. The number of aromatic hydroxyl groups is 1. The molecular formula is C11H13NO. The normalized spacial score (nSPS) is 9.46. The van der Waals surface area contributed by atoms with E-state index in [4.69, 9.17) is 5.26 Å². The van der Waals surface area contributed by atoms with Crippen molar-refractivity contribution in [3.63, 3.8) is 0 Å². The fourth-order valence-electron chi connectivity index (χ4n) is 1.24. The van der Waals surface area contributed by atoms with Crippen LogP contribution in [0.2, 0.25) is 0 Å². The third kappa shape index (κ3) is 3.16. The molecule has 1 N–H and O–H groups in total. The minimum absolute atomic E-state index is 0.361. The molecule has 0 unspecified atom stereocenters. The predicted octanol–water partition coefficient (Wildman–Crippen LogP) is 2.63. The van der Waals surface area contributed by atoms with Crippen LogP contribution in [0.4, 0.5) is 0 Å². The average molecular weight is 175 g/mol. The Labute approximate surface area is 78.4 Å². The summed E-state index contributed by atoms with van der Waals surface area (Å²) in [6.45, 7) is 0. The molecule has 1 aromatic rings. The summed E-state index contributed by atoms with van der Waals surface area (Å²) in [5, 5.41) is 17.7. The van der Waals surface area contributed by atoms with Gasteiger partial charge in [-0.3, -0.25) is 0 Å². The molecule has 13 heavy (non-hydrogen) atoms. The molecule has 0 heterocycles. The quantitative estimate of drug-likeness (QED) is 0.715. The van der Waals surface area contributed by atoms with Crippen molar-refractivity contribution < 1.29 is 5.11 Å². The Hall–Kier alpha value is -1.49. The second-order valence-corrected chi connectivity index (χ2v) is 2.99. The number of phenolic OH excluding ortho intramolecular Hbond substituents is 1. The molecule has 0 aliphatic heterocycles. The lowest BCUT2D eigenvalue weighted by molar-refractivity contribution is 0.466. The van der Waals surface area contributed by atoms with Crippen LogP contribution >= 0.6 is 0 Å². The first kappa shape index (κ1) is 9.60. The Morgan fingerprint density at radius 2 is 2.00 bits per heavy atom. The molecular weight excluding hydrogens is 162 g/mol. The molecule has 2 nitrogen and oxygen atoms in total. The lowest BCUT2D eigenvalue weighted by Crippen LogP contribution is -1.85. The summed E-state index contributed by atoms with van der Waals surface area (Å²) in [6.07, 6.45) is 3.33. The van der Waals surface area contributed by atoms with E-state index in [2.05, 4.69) is 6.07 Å². The molecule has 0 amide bonds. The minimum atomic E-state index is 0.361. The van der Waals surface area contributed by atoms with Crippen LogP contribution in [0.25, 0.3) is 0 Å². The minimum Gasteiger partial charge on any atom is -0.508 e. The van der Waals surface area contributed by atoms with E-state index in [1.807, 2.05) is 18.2 Å². The molecule has 0 spiro atoms. The smallest absolute Gasteiger partial charge is 0.118 e. The molecule has 0 aromatic heterocycles. The van der Waals surface area contributed by atoms with E-state index in [1.165, 1.54) is 0 Å². The molecule has 0 radical (unpaired) electrons. The Balaban J connectivity index is 2.37. The Morgan fingerprint density at radius 1 is 1.23 bits per heavy atom. The first-order valence-electron chi connectivity index (χ1n) is 4.48. The Morgan fingerprint density at radius 3 is 2.69 bits per heavy atom. The molecule has 0 saturated heterocycles. The zero-order valence-corrected chi connectivity index (χ0v) is 7.53. The van der Waals surface area contributed by atoms with E-state index < -0.39 is 0 Å². The molecule has 1 aromatic carbocycles. The van der Waals surface area contributed by atoms with Crippen LogP contribution in [0.3, 0.4) is 0 Å². The third-order valence-corrected chi connectivity index (χ3v) is 1.98. The fraction of sp³-hybridized carbons (Fsp3) is 0.364. The van der Waals surface area contributed by atoms with Crippen molar-refractivity contribution in [3.8, 4) is 11.8 Å². The Kier molecular flexibility index (Phi) is 3.84. The van der Waals surface area contributed by atoms with Crippen molar-refractivity contribution in [2.45, 2.75) is 25.7 Å². The first-order valence-corrected chi connectivity index (χ1v) is 4.48. The number of hydrogen-bond acceptors (Lipinski definition) is 2. The van der Waals surface area contributed by atoms with Crippen LogP contribution < -0.4 is 0 Å². The number of nitriles is 1. The SMILES string of the molecule is N#CCCCCc1ccccc1O. The van der Waals surface area contributed by atoms with Crippen LogP contribution in [0, 0.1) is 11.3 Å². The van der Waals surface area contributed by atoms with Crippen molar-refractivity contribution in [2.24, 2.45) is 0 Å². The lowest BCUT2D eigenvalue weighted by Gasteiger charge is -2.01. The molecule has 68 valence electrons. The van der Waals surface area contributed by atoms with E-state index in [9.17, 15) is 5.11 Å². The zero-order valence-electron chi connectivity index (χ0n) is 7.53. The molecule has 2 heteroatoms. The van der Waals surface area contributed by atoms with Crippen molar-refractivity contribution in [3.05, 3.63) is 29.8 Å². The summed E-state index contributed by atoms with van der Waals surface area (Å²) in [5.41, 5.74) is 0.973. The summed E-state index contributed by atoms with van der Waals surface area (Å²) >= 11 is 0. The van der Waals surface area contributed by atoms with E-state index in [0.29, 0.717) is 12.2 Å². The number of aryl methyl sites for hydroxylation is 1. The number of benzene rings is 1. The average Bonchev–Trinajstić information content (AvgIpc) is 2.15. The van der Waals surface area contributed by atoms with Crippen LogP contribution in [0.15, 0.2) is 24.3 Å². The van der Waals surface area contributed by atoms with Gasteiger partial charge in [0.25, 0.3) is 0 Å². The second kappa shape index (κ2) is 5.21. The van der Waals surface area contributed by atoms with Crippen molar-refractivity contribution in [1.29, 1.82) is 5.26 Å². The van der Waals surface area contributed by atoms with Gasteiger partial charge in [-0.2, -0.15) is 5.26 Å². The van der Waals surface area contributed by atoms with Gasteiger partial charge in [-0.25, -0.2) is 0 Å². The third-order valence-electron chi connectivity index (χ3n) is 1.98. The van der Waals surface area contributed by atoms with Gasteiger partial charge in [0.2, 0.25) is 0 Å². The summed E-state index contributed by atoms with van der Waals surface area (Å²) < 4.78 is 0. The highest BCUT2D eigenvalue weighted by Gasteiger charge is 1.98. The van der Waals surface area contributed by atoms with E-state index in [0.717, 1.165) is 24.8 Å². The van der Waals surface area contributed by atoms with Gasteiger partial charge in [0, 0.05) is 6.42 Å². The maximum Gasteiger partial charge on any atom is 0.118 e. The van der Waals surface area contributed by atoms with Gasteiger partial charge >= 0.3 is 0 Å². The standard InChI is InChI=1S/C11H13NO/c12-9-5-1-2-6-10-7-3-4-8-11(10)13/h3-4,7-8,13H,1-2,5-6H2. The van der Waals surface area contributed by atoms with E-state index in [1.54, 1.807) is 6.07 Å². The van der Waals surface area contributed by atoms with E-state index in [-0.39, 0.29) is 0 Å². The number of hydrogen-bond donors (Lipinski definition) is 1. The molecule has 0 bridgehead atoms. The molecule has 0 saturated carbocycles. The van der Waals surface area contributed by atoms with Crippen molar-refractivity contribution in [1.82, 2.24) is 0 Å². The number of rotatable bonds is 4. The zero-order chi connectivity index (χ0) is 9.52. The highest BCUT2D eigenvalue weighted by molar-refractivity contribution is 5.31. The van der Waals surface area contributed by atoms with Crippen LogP contribution in [0.1, 0.15) is 24.8 Å². The van der Waals surface area contributed by atoms with Crippen molar-refractivity contribution >= 4 is 0 Å². The maximum atomic E-state index is 9.40. The van der Waals surface area contributed by atoms with Crippen LogP contribution in [0.5, 0.6) is 5.75 Å². The van der Waals surface area contributed by atoms with Crippen molar-refractivity contribution in [2.75, 3.05) is 0 Å². The van der Waals surface area contributed by atoms with E-state index >= 15 is 0 Å².